The predicted molar refractivity (Wildman–Crippen MR) is 78.8 cm³/mol. The molecule has 6 heteroatoms. The first-order chi connectivity index (χ1) is 9.29. The number of hydrogen-bond donors (Lipinski definition) is 2. The fourth-order valence-corrected chi connectivity index (χ4v) is 2.72. The van der Waals surface area contributed by atoms with E-state index in [9.17, 15) is 13.2 Å². The van der Waals surface area contributed by atoms with Crippen LogP contribution in [0.5, 0.6) is 0 Å². The summed E-state index contributed by atoms with van der Waals surface area (Å²) in [5, 5.41) is 7.95. The summed E-state index contributed by atoms with van der Waals surface area (Å²) in [7, 11) is -3.72. The van der Waals surface area contributed by atoms with Crippen molar-refractivity contribution in [1.29, 1.82) is 0 Å². The van der Waals surface area contributed by atoms with Gasteiger partial charge in [-0.25, -0.2) is 13.6 Å². The minimum absolute atomic E-state index is 0.00194. The second-order valence-electron chi connectivity index (χ2n) is 4.91. The normalized spacial score (nSPS) is 13.2. The number of carbonyl (C=O) groups excluding carboxylic acids is 1. The smallest absolute Gasteiger partial charge is 0.251 e. The SMILES string of the molecule is CCC(CC)C(C)NC(=O)c1ccc(S(N)(=O)=O)cc1. The minimum Gasteiger partial charge on any atom is -0.349 e. The van der Waals surface area contributed by atoms with Crippen molar-refractivity contribution in [3.63, 3.8) is 0 Å². The van der Waals surface area contributed by atoms with Crippen LogP contribution in [0, 0.1) is 5.92 Å². The molecule has 0 saturated heterocycles. The van der Waals surface area contributed by atoms with Crippen LogP contribution < -0.4 is 10.5 Å². The number of nitrogens with two attached hydrogens (primary N) is 1. The molecule has 1 amide bonds. The lowest BCUT2D eigenvalue weighted by Gasteiger charge is -2.22. The Kier molecular flexibility index (Phi) is 5.71. The molecular weight excluding hydrogens is 276 g/mol. The summed E-state index contributed by atoms with van der Waals surface area (Å²) in [6.07, 6.45) is 2.00. The van der Waals surface area contributed by atoms with Crippen LogP contribution in [0.15, 0.2) is 29.2 Å². The number of benzene rings is 1. The zero-order valence-corrected chi connectivity index (χ0v) is 12.9. The van der Waals surface area contributed by atoms with Crippen LogP contribution in [0.25, 0.3) is 0 Å². The molecule has 1 atom stereocenters. The Morgan fingerprint density at radius 1 is 1.20 bits per heavy atom. The van der Waals surface area contributed by atoms with Gasteiger partial charge in [0, 0.05) is 11.6 Å². The molecule has 1 aromatic carbocycles. The van der Waals surface area contributed by atoms with E-state index in [1.165, 1.54) is 24.3 Å². The molecule has 1 rings (SSSR count). The van der Waals surface area contributed by atoms with Crippen molar-refractivity contribution in [2.75, 3.05) is 0 Å². The lowest BCUT2D eigenvalue weighted by Crippen LogP contribution is -2.37. The van der Waals surface area contributed by atoms with Crippen LogP contribution >= 0.6 is 0 Å². The Hall–Kier alpha value is -1.40. The first-order valence-electron chi connectivity index (χ1n) is 6.73. The maximum Gasteiger partial charge on any atom is 0.251 e. The molecule has 20 heavy (non-hydrogen) atoms. The standard InChI is InChI=1S/C14H22N2O3S/c1-4-11(5-2)10(3)16-14(17)12-6-8-13(9-7-12)20(15,18)19/h6-11H,4-5H2,1-3H3,(H,16,17)(H2,15,18,19). The van der Waals surface area contributed by atoms with Gasteiger partial charge in [0.2, 0.25) is 10.0 Å². The van der Waals surface area contributed by atoms with Gasteiger partial charge < -0.3 is 5.32 Å². The molecular formula is C14H22N2O3S. The molecule has 5 nitrogen and oxygen atoms in total. The Balaban J connectivity index is 2.78. The molecule has 0 heterocycles. The maximum absolute atomic E-state index is 12.1. The van der Waals surface area contributed by atoms with E-state index >= 15 is 0 Å². The number of nitrogens with one attached hydrogen (secondary N) is 1. The Morgan fingerprint density at radius 2 is 1.70 bits per heavy atom. The van der Waals surface area contributed by atoms with E-state index in [0.29, 0.717) is 11.5 Å². The molecule has 0 aromatic heterocycles. The van der Waals surface area contributed by atoms with Gasteiger partial charge in [-0.05, 0) is 37.1 Å². The molecule has 1 aromatic rings. The Bertz CT molecular complexity index is 548. The van der Waals surface area contributed by atoms with E-state index < -0.39 is 10.0 Å². The van der Waals surface area contributed by atoms with Crippen molar-refractivity contribution in [2.45, 2.75) is 44.6 Å². The van der Waals surface area contributed by atoms with Crippen molar-refractivity contribution < 1.29 is 13.2 Å². The molecule has 0 saturated carbocycles. The highest BCUT2D eigenvalue weighted by Crippen LogP contribution is 2.14. The van der Waals surface area contributed by atoms with Gasteiger partial charge in [-0.15, -0.1) is 0 Å². The number of hydrogen-bond acceptors (Lipinski definition) is 3. The van der Waals surface area contributed by atoms with Gasteiger partial charge in [0.1, 0.15) is 0 Å². The third-order valence-corrected chi connectivity index (χ3v) is 4.49. The van der Waals surface area contributed by atoms with Gasteiger partial charge >= 0.3 is 0 Å². The maximum atomic E-state index is 12.1. The van der Waals surface area contributed by atoms with Crippen LogP contribution in [0.3, 0.4) is 0 Å². The second-order valence-corrected chi connectivity index (χ2v) is 6.47. The number of amides is 1. The first-order valence-corrected chi connectivity index (χ1v) is 8.28. The van der Waals surface area contributed by atoms with Gasteiger partial charge in [-0.1, -0.05) is 26.7 Å². The average molecular weight is 298 g/mol. The monoisotopic (exact) mass is 298 g/mol. The van der Waals surface area contributed by atoms with Crippen molar-refractivity contribution in [3.8, 4) is 0 Å². The van der Waals surface area contributed by atoms with E-state index in [1.54, 1.807) is 0 Å². The average Bonchev–Trinajstić information content (AvgIpc) is 2.39. The zero-order chi connectivity index (χ0) is 15.3. The van der Waals surface area contributed by atoms with E-state index in [2.05, 4.69) is 19.2 Å². The fraction of sp³-hybridized carbons (Fsp3) is 0.500. The van der Waals surface area contributed by atoms with Crippen molar-refractivity contribution >= 4 is 15.9 Å². The van der Waals surface area contributed by atoms with Gasteiger partial charge in [0.25, 0.3) is 5.91 Å². The van der Waals surface area contributed by atoms with Crippen LogP contribution in [-0.4, -0.2) is 20.4 Å². The summed E-state index contributed by atoms with van der Waals surface area (Å²) in [5.41, 5.74) is 0.426. The highest BCUT2D eigenvalue weighted by molar-refractivity contribution is 7.89. The summed E-state index contributed by atoms with van der Waals surface area (Å²) in [6, 6.07) is 5.69. The fourth-order valence-electron chi connectivity index (χ4n) is 2.20. The lowest BCUT2D eigenvalue weighted by atomic mass is 9.95. The molecule has 0 radical (unpaired) electrons. The number of primary sulfonamides is 1. The van der Waals surface area contributed by atoms with Crippen molar-refractivity contribution in [3.05, 3.63) is 29.8 Å². The molecule has 0 fully saturated rings. The number of sulfonamides is 1. The number of rotatable bonds is 6. The third-order valence-electron chi connectivity index (χ3n) is 3.56. The molecule has 112 valence electrons. The third kappa shape index (κ3) is 4.31. The van der Waals surface area contributed by atoms with Crippen LogP contribution in [0.4, 0.5) is 0 Å². The summed E-state index contributed by atoms with van der Waals surface area (Å²) < 4.78 is 22.3. The molecule has 0 aliphatic heterocycles. The topological polar surface area (TPSA) is 89.3 Å². The van der Waals surface area contributed by atoms with E-state index in [0.717, 1.165) is 12.8 Å². The van der Waals surface area contributed by atoms with E-state index in [4.69, 9.17) is 5.14 Å². The van der Waals surface area contributed by atoms with Gasteiger partial charge in [-0.3, -0.25) is 4.79 Å². The van der Waals surface area contributed by atoms with E-state index in [1.807, 2.05) is 6.92 Å². The minimum atomic E-state index is -3.72. The Morgan fingerprint density at radius 3 is 2.10 bits per heavy atom. The molecule has 0 spiro atoms. The van der Waals surface area contributed by atoms with Crippen LogP contribution in [0.1, 0.15) is 44.0 Å². The Labute approximate surface area is 120 Å². The van der Waals surface area contributed by atoms with Crippen molar-refractivity contribution in [1.82, 2.24) is 5.32 Å². The zero-order valence-electron chi connectivity index (χ0n) is 12.1. The van der Waals surface area contributed by atoms with Crippen molar-refractivity contribution in [2.24, 2.45) is 11.1 Å². The summed E-state index contributed by atoms with van der Waals surface area (Å²) in [5.74, 6) is 0.230. The van der Waals surface area contributed by atoms with Crippen LogP contribution in [-0.2, 0) is 10.0 Å². The summed E-state index contributed by atoms with van der Waals surface area (Å²) in [4.78, 5) is 12.1. The van der Waals surface area contributed by atoms with Gasteiger partial charge in [0.15, 0.2) is 0 Å². The molecule has 0 aliphatic carbocycles. The highest BCUT2D eigenvalue weighted by Gasteiger charge is 2.17. The lowest BCUT2D eigenvalue weighted by molar-refractivity contribution is 0.0925. The highest BCUT2D eigenvalue weighted by atomic mass is 32.2. The molecule has 0 aliphatic rings. The molecule has 0 bridgehead atoms. The summed E-state index contributed by atoms with van der Waals surface area (Å²) >= 11 is 0. The van der Waals surface area contributed by atoms with Gasteiger partial charge in [0.05, 0.1) is 4.90 Å². The first kappa shape index (κ1) is 16.7. The van der Waals surface area contributed by atoms with E-state index in [-0.39, 0.29) is 16.8 Å². The summed E-state index contributed by atoms with van der Waals surface area (Å²) in [6.45, 7) is 6.17. The second kappa shape index (κ2) is 6.85. The predicted octanol–water partition coefficient (Wildman–Crippen LogP) is 1.89. The van der Waals surface area contributed by atoms with Crippen LogP contribution in [0.2, 0.25) is 0 Å². The van der Waals surface area contributed by atoms with Gasteiger partial charge in [-0.2, -0.15) is 0 Å². The molecule has 3 N–H and O–H groups in total. The quantitative estimate of drug-likeness (QED) is 0.840. The largest absolute Gasteiger partial charge is 0.349 e. The molecule has 1 unspecified atom stereocenters. The number of carbonyl (C=O) groups is 1.